The van der Waals surface area contributed by atoms with Crippen molar-refractivity contribution < 1.29 is 0 Å². The summed E-state index contributed by atoms with van der Waals surface area (Å²) >= 11 is 1.59. The minimum absolute atomic E-state index is 0. The van der Waals surface area contributed by atoms with Gasteiger partial charge in [0.2, 0.25) is 0 Å². The number of aromatic amines is 1. The first-order chi connectivity index (χ1) is 12.3. The van der Waals surface area contributed by atoms with Crippen molar-refractivity contribution in [3.05, 3.63) is 51.9 Å². The third-order valence-corrected chi connectivity index (χ3v) is 5.69. The number of H-pyrrole nitrogens is 1. The lowest BCUT2D eigenvalue weighted by atomic mass is 9.94. The molecule has 0 bridgehead atoms. The van der Waals surface area contributed by atoms with Crippen molar-refractivity contribution in [3.8, 4) is 10.6 Å². The molecule has 8 heteroatoms. The van der Waals surface area contributed by atoms with Crippen LogP contribution in [-0.2, 0) is 0 Å². The lowest BCUT2D eigenvalue weighted by Crippen LogP contribution is -2.28. The lowest BCUT2D eigenvalue weighted by Gasteiger charge is -2.23. The number of halogens is 1. The summed E-state index contributed by atoms with van der Waals surface area (Å²) in [6, 6.07) is 7.73. The van der Waals surface area contributed by atoms with Crippen LogP contribution in [0, 0.1) is 0 Å². The van der Waals surface area contributed by atoms with Crippen molar-refractivity contribution in [2.24, 2.45) is 0 Å². The van der Waals surface area contributed by atoms with E-state index < -0.39 is 0 Å². The first-order valence-electron chi connectivity index (χ1n) is 8.46. The largest absolute Gasteiger partial charge is 0.317 e. The Kier molecular flexibility index (Phi) is 4.52. The first-order valence-corrected chi connectivity index (χ1v) is 9.34. The first kappa shape index (κ1) is 17.2. The van der Waals surface area contributed by atoms with Crippen molar-refractivity contribution in [2.75, 3.05) is 13.1 Å². The van der Waals surface area contributed by atoms with E-state index in [1.165, 1.54) is 0 Å². The second-order valence-corrected chi connectivity index (χ2v) is 7.27. The number of piperidine rings is 1. The monoisotopic (exact) mass is 387 g/mol. The molecule has 0 spiro atoms. The highest BCUT2D eigenvalue weighted by Gasteiger charge is 2.22. The van der Waals surface area contributed by atoms with Crippen LogP contribution in [0.4, 0.5) is 0 Å². The number of hydrogen-bond acceptors (Lipinski definition) is 5. The van der Waals surface area contributed by atoms with Gasteiger partial charge in [0.05, 0.1) is 16.6 Å². The number of hydrogen-bond donors (Lipinski definition) is 2. The summed E-state index contributed by atoms with van der Waals surface area (Å²) in [7, 11) is 0. The molecule has 1 fully saturated rings. The molecule has 3 aromatic heterocycles. The van der Waals surface area contributed by atoms with Crippen LogP contribution in [0.1, 0.15) is 24.5 Å². The van der Waals surface area contributed by atoms with E-state index in [4.69, 9.17) is 5.10 Å². The third kappa shape index (κ3) is 2.72. The van der Waals surface area contributed by atoms with Crippen molar-refractivity contribution in [1.82, 2.24) is 24.9 Å². The molecule has 2 N–H and O–H groups in total. The maximum atomic E-state index is 12.4. The molecule has 0 unspecified atom stereocenters. The fraction of sp³-hybridized carbons (Fsp3) is 0.278. The van der Waals surface area contributed by atoms with Gasteiger partial charge in [-0.1, -0.05) is 12.1 Å². The summed E-state index contributed by atoms with van der Waals surface area (Å²) in [5, 5.41) is 12.0. The van der Waals surface area contributed by atoms with Crippen LogP contribution < -0.4 is 10.9 Å². The predicted octanol–water partition coefficient (Wildman–Crippen LogP) is 3.19. The molecule has 134 valence electrons. The zero-order valence-corrected chi connectivity index (χ0v) is 15.6. The van der Waals surface area contributed by atoms with Gasteiger partial charge < -0.3 is 10.3 Å². The topological polar surface area (TPSA) is 75.1 Å². The van der Waals surface area contributed by atoms with E-state index in [9.17, 15) is 4.79 Å². The Hall–Kier alpha value is -2.22. The van der Waals surface area contributed by atoms with Crippen LogP contribution in [-0.4, -0.2) is 32.7 Å². The zero-order valence-electron chi connectivity index (χ0n) is 13.9. The highest BCUT2D eigenvalue weighted by molar-refractivity contribution is 7.13. The SMILES string of the molecule is Cl.O=c1cc(C2CCNCC2)n2nc3cccc(-c4nccs4)c3c2[nH]1. The van der Waals surface area contributed by atoms with E-state index in [2.05, 4.69) is 15.3 Å². The number of rotatable bonds is 2. The van der Waals surface area contributed by atoms with Gasteiger partial charge in [-0.15, -0.1) is 23.7 Å². The van der Waals surface area contributed by atoms with Crippen molar-refractivity contribution in [3.63, 3.8) is 0 Å². The van der Waals surface area contributed by atoms with E-state index in [0.717, 1.165) is 58.7 Å². The van der Waals surface area contributed by atoms with Gasteiger partial charge in [0.1, 0.15) is 10.7 Å². The quantitative estimate of drug-likeness (QED) is 0.554. The molecule has 4 aromatic rings. The Morgan fingerprint density at radius 1 is 1.23 bits per heavy atom. The van der Waals surface area contributed by atoms with Crippen molar-refractivity contribution >= 4 is 40.3 Å². The molecular weight excluding hydrogens is 370 g/mol. The Morgan fingerprint density at radius 3 is 2.85 bits per heavy atom. The van der Waals surface area contributed by atoms with Gasteiger partial charge in [-0.2, -0.15) is 5.10 Å². The van der Waals surface area contributed by atoms with Crippen LogP contribution in [0.5, 0.6) is 0 Å². The molecule has 4 heterocycles. The van der Waals surface area contributed by atoms with Crippen LogP contribution in [0.15, 0.2) is 40.6 Å². The van der Waals surface area contributed by atoms with Crippen LogP contribution >= 0.6 is 23.7 Å². The third-order valence-electron chi connectivity index (χ3n) is 4.88. The summed E-state index contributed by atoms with van der Waals surface area (Å²) in [6.45, 7) is 1.95. The fourth-order valence-electron chi connectivity index (χ4n) is 3.73. The van der Waals surface area contributed by atoms with Crippen LogP contribution in [0.2, 0.25) is 0 Å². The summed E-state index contributed by atoms with van der Waals surface area (Å²) in [6.07, 6.45) is 3.84. The van der Waals surface area contributed by atoms with Crippen LogP contribution in [0.25, 0.3) is 27.1 Å². The van der Waals surface area contributed by atoms with Gasteiger partial charge in [-0.25, -0.2) is 9.50 Å². The second kappa shape index (κ2) is 6.83. The summed E-state index contributed by atoms with van der Waals surface area (Å²) in [5.74, 6) is 0.351. The number of benzene rings is 1. The highest BCUT2D eigenvalue weighted by Crippen LogP contribution is 2.33. The average molecular weight is 388 g/mol. The number of nitrogens with zero attached hydrogens (tertiary/aromatic N) is 3. The van der Waals surface area contributed by atoms with E-state index in [-0.39, 0.29) is 18.0 Å². The Labute approximate surface area is 159 Å². The van der Waals surface area contributed by atoms with Gasteiger partial charge in [0, 0.05) is 29.1 Å². The van der Waals surface area contributed by atoms with Gasteiger partial charge in [0.15, 0.2) is 0 Å². The molecule has 26 heavy (non-hydrogen) atoms. The molecule has 6 nitrogen and oxygen atoms in total. The van der Waals surface area contributed by atoms with E-state index in [1.807, 2.05) is 28.1 Å². The number of thiazole rings is 1. The molecule has 1 aromatic carbocycles. The van der Waals surface area contributed by atoms with E-state index >= 15 is 0 Å². The lowest BCUT2D eigenvalue weighted by molar-refractivity contribution is 0.446. The summed E-state index contributed by atoms with van der Waals surface area (Å²) in [4.78, 5) is 19.8. The van der Waals surface area contributed by atoms with Crippen molar-refractivity contribution in [2.45, 2.75) is 18.8 Å². The molecule has 0 radical (unpaired) electrons. The second-order valence-electron chi connectivity index (χ2n) is 6.38. The highest BCUT2D eigenvalue weighted by atomic mass is 35.5. The Morgan fingerprint density at radius 2 is 2.08 bits per heavy atom. The fourth-order valence-corrected chi connectivity index (χ4v) is 4.40. The number of nitrogens with one attached hydrogen (secondary N) is 2. The standard InChI is InChI=1S/C18H17N5OS.ClH/c24-15-10-14(11-4-6-19-7-5-11)23-17(21-15)16-12(18-20-8-9-25-18)2-1-3-13(16)22-23;/h1-3,8-11,19H,4-7H2,(H,21,24);1H. The normalized spacial score (nSPS) is 15.4. The van der Waals surface area contributed by atoms with Gasteiger partial charge in [-0.3, -0.25) is 4.79 Å². The number of aromatic nitrogens is 4. The molecule has 1 saturated heterocycles. The maximum absolute atomic E-state index is 12.4. The molecule has 0 atom stereocenters. The van der Waals surface area contributed by atoms with E-state index in [0.29, 0.717) is 5.92 Å². The average Bonchev–Trinajstić information content (AvgIpc) is 3.29. The van der Waals surface area contributed by atoms with Crippen molar-refractivity contribution in [1.29, 1.82) is 0 Å². The van der Waals surface area contributed by atoms with E-state index in [1.54, 1.807) is 23.6 Å². The van der Waals surface area contributed by atoms with Gasteiger partial charge >= 0.3 is 0 Å². The van der Waals surface area contributed by atoms with Crippen LogP contribution in [0.3, 0.4) is 0 Å². The predicted molar refractivity (Wildman–Crippen MR) is 107 cm³/mol. The Bertz CT molecular complexity index is 1110. The minimum atomic E-state index is -0.0724. The zero-order chi connectivity index (χ0) is 16.8. The van der Waals surface area contributed by atoms with Gasteiger partial charge in [0.25, 0.3) is 5.56 Å². The molecule has 1 aliphatic rings. The molecule has 0 amide bonds. The maximum Gasteiger partial charge on any atom is 0.251 e. The van der Waals surface area contributed by atoms with Gasteiger partial charge in [-0.05, 0) is 32.0 Å². The summed E-state index contributed by atoms with van der Waals surface area (Å²) < 4.78 is 1.93. The smallest absolute Gasteiger partial charge is 0.251 e. The number of fused-ring (bicyclic) bond motifs is 3. The summed E-state index contributed by atoms with van der Waals surface area (Å²) in [5.41, 5.74) is 3.59. The molecular formula is C18H18ClN5OS. The molecule has 0 aliphatic carbocycles. The molecule has 5 rings (SSSR count). The minimum Gasteiger partial charge on any atom is -0.317 e. The molecule has 1 aliphatic heterocycles. The Balaban J connectivity index is 0.00000168. The molecule has 0 saturated carbocycles.